The summed E-state index contributed by atoms with van der Waals surface area (Å²) in [6, 6.07) is 3.92. The predicted octanol–water partition coefficient (Wildman–Crippen LogP) is 1.78. The number of nitro benzene ring substituents is 1. The highest BCUT2D eigenvalue weighted by molar-refractivity contribution is 6.00. The van der Waals surface area contributed by atoms with E-state index in [0.29, 0.717) is 11.3 Å². The van der Waals surface area contributed by atoms with E-state index in [2.05, 4.69) is 4.98 Å². The summed E-state index contributed by atoms with van der Waals surface area (Å²) in [5.41, 5.74) is 0.0243. The van der Waals surface area contributed by atoms with Crippen molar-refractivity contribution >= 4 is 22.6 Å². The van der Waals surface area contributed by atoms with Gasteiger partial charge < -0.3 is 14.8 Å². The molecule has 0 aliphatic rings. The SMILES string of the molecule is COc1ccc([N+](=O)[O-])c2cc(C(=O)O)[nH]c12. The van der Waals surface area contributed by atoms with E-state index in [-0.39, 0.29) is 16.8 Å². The van der Waals surface area contributed by atoms with Crippen molar-refractivity contribution in [2.75, 3.05) is 7.11 Å². The Bertz CT molecular complexity index is 616. The minimum absolute atomic E-state index is 0.118. The summed E-state index contributed by atoms with van der Waals surface area (Å²) in [4.78, 5) is 23.6. The normalized spacial score (nSPS) is 10.4. The number of carboxylic acids is 1. The van der Waals surface area contributed by atoms with Crippen LogP contribution in [-0.2, 0) is 0 Å². The number of non-ortho nitro benzene ring substituents is 1. The molecule has 0 fully saturated rings. The van der Waals surface area contributed by atoms with Crippen molar-refractivity contribution in [1.82, 2.24) is 4.98 Å². The number of aromatic amines is 1. The molecule has 0 aliphatic carbocycles. The van der Waals surface area contributed by atoms with Crippen molar-refractivity contribution in [2.45, 2.75) is 0 Å². The Kier molecular flexibility index (Phi) is 2.43. The quantitative estimate of drug-likeness (QED) is 0.624. The molecule has 2 rings (SSSR count). The van der Waals surface area contributed by atoms with E-state index in [1.54, 1.807) is 0 Å². The summed E-state index contributed by atoms with van der Waals surface area (Å²) in [5.74, 6) is -0.823. The molecule has 0 aliphatic heterocycles. The van der Waals surface area contributed by atoms with Crippen molar-refractivity contribution in [3.05, 3.63) is 34.0 Å². The zero-order valence-electron chi connectivity index (χ0n) is 8.76. The summed E-state index contributed by atoms with van der Waals surface area (Å²) >= 11 is 0. The zero-order chi connectivity index (χ0) is 12.6. The first kappa shape index (κ1) is 10.9. The van der Waals surface area contributed by atoms with Gasteiger partial charge in [-0.1, -0.05) is 0 Å². The molecule has 0 saturated heterocycles. The van der Waals surface area contributed by atoms with E-state index in [4.69, 9.17) is 9.84 Å². The van der Waals surface area contributed by atoms with Gasteiger partial charge in [-0.3, -0.25) is 10.1 Å². The number of nitrogens with one attached hydrogen (secondary N) is 1. The lowest BCUT2D eigenvalue weighted by atomic mass is 10.2. The molecule has 7 heteroatoms. The number of nitro groups is 1. The monoisotopic (exact) mass is 236 g/mol. The summed E-state index contributed by atoms with van der Waals surface area (Å²) in [5, 5.41) is 19.8. The number of nitrogens with zero attached hydrogens (tertiary/aromatic N) is 1. The average molecular weight is 236 g/mol. The van der Waals surface area contributed by atoms with Gasteiger partial charge in [-0.2, -0.15) is 0 Å². The van der Waals surface area contributed by atoms with Crippen LogP contribution >= 0.6 is 0 Å². The minimum Gasteiger partial charge on any atom is -0.495 e. The van der Waals surface area contributed by atoms with Crippen LogP contribution in [0.3, 0.4) is 0 Å². The number of carbonyl (C=O) groups is 1. The molecule has 2 N–H and O–H groups in total. The van der Waals surface area contributed by atoms with Crippen molar-refractivity contribution in [1.29, 1.82) is 0 Å². The molecule has 17 heavy (non-hydrogen) atoms. The number of aromatic nitrogens is 1. The number of hydrogen-bond acceptors (Lipinski definition) is 4. The molecule has 1 heterocycles. The smallest absolute Gasteiger partial charge is 0.352 e. The highest BCUT2D eigenvalue weighted by Crippen LogP contribution is 2.33. The van der Waals surface area contributed by atoms with Crippen LogP contribution in [0.25, 0.3) is 10.9 Å². The molecule has 7 nitrogen and oxygen atoms in total. The number of rotatable bonds is 3. The molecule has 1 aromatic carbocycles. The van der Waals surface area contributed by atoms with E-state index in [1.807, 2.05) is 0 Å². The van der Waals surface area contributed by atoms with Gasteiger partial charge in [-0.25, -0.2) is 4.79 Å². The third-order valence-corrected chi connectivity index (χ3v) is 2.38. The Balaban J connectivity index is 2.81. The van der Waals surface area contributed by atoms with E-state index < -0.39 is 10.9 Å². The first-order valence-corrected chi connectivity index (χ1v) is 4.62. The molecule has 0 bridgehead atoms. The number of H-pyrrole nitrogens is 1. The van der Waals surface area contributed by atoms with Gasteiger partial charge in [0.1, 0.15) is 11.4 Å². The van der Waals surface area contributed by atoms with E-state index in [0.717, 1.165) is 0 Å². The summed E-state index contributed by atoms with van der Waals surface area (Å²) in [6.07, 6.45) is 0. The Morgan fingerprint density at radius 1 is 1.53 bits per heavy atom. The lowest BCUT2D eigenvalue weighted by Crippen LogP contribution is -1.95. The predicted molar refractivity (Wildman–Crippen MR) is 58.5 cm³/mol. The van der Waals surface area contributed by atoms with E-state index >= 15 is 0 Å². The maximum Gasteiger partial charge on any atom is 0.352 e. The zero-order valence-corrected chi connectivity index (χ0v) is 8.76. The maximum atomic E-state index is 10.8. The molecule has 0 radical (unpaired) electrons. The van der Waals surface area contributed by atoms with Crippen LogP contribution in [0, 0.1) is 10.1 Å². The molecule has 0 atom stereocenters. The Hall–Kier alpha value is -2.57. The van der Waals surface area contributed by atoms with Gasteiger partial charge in [0, 0.05) is 6.07 Å². The summed E-state index contributed by atoms with van der Waals surface area (Å²) in [7, 11) is 1.40. The van der Waals surface area contributed by atoms with Crippen LogP contribution in [-0.4, -0.2) is 28.1 Å². The fourth-order valence-corrected chi connectivity index (χ4v) is 1.62. The van der Waals surface area contributed by atoms with Crippen LogP contribution in [0.1, 0.15) is 10.5 Å². The third-order valence-electron chi connectivity index (χ3n) is 2.38. The number of benzene rings is 1. The molecule has 0 spiro atoms. The van der Waals surface area contributed by atoms with Crippen LogP contribution < -0.4 is 4.74 Å². The van der Waals surface area contributed by atoms with E-state index in [9.17, 15) is 14.9 Å². The first-order chi connectivity index (χ1) is 8.04. The second-order valence-corrected chi connectivity index (χ2v) is 3.32. The number of aromatic carboxylic acids is 1. The van der Waals surface area contributed by atoms with Crippen molar-refractivity contribution in [3.63, 3.8) is 0 Å². The molecule has 2 aromatic rings. The fraction of sp³-hybridized carbons (Fsp3) is 0.100. The van der Waals surface area contributed by atoms with Gasteiger partial charge >= 0.3 is 5.97 Å². The second kappa shape index (κ2) is 3.78. The molecular weight excluding hydrogens is 228 g/mol. The lowest BCUT2D eigenvalue weighted by Gasteiger charge is -2.01. The van der Waals surface area contributed by atoms with Crippen molar-refractivity contribution < 1.29 is 19.6 Å². The number of carboxylic acid groups (broad SMARTS) is 1. The van der Waals surface area contributed by atoms with Crippen LogP contribution in [0.5, 0.6) is 5.75 Å². The standard InChI is InChI=1S/C10H8N2O5/c1-17-8-3-2-7(12(15)16)5-4-6(10(13)14)11-9(5)8/h2-4,11H,1H3,(H,13,14). The summed E-state index contributed by atoms with van der Waals surface area (Å²) in [6.45, 7) is 0. The van der Waals surface area contributed by atoms with Crippen LogP contribution in [0.4, 0.5) is 5.69 Å². The largest absolute Gasteiger partial charge is 0.495 e. The highest BCUT2D eigenvalue weighted by atomic mass is 16.6. The fourth-order valence-electron chi connectivity index (χ4n) is 1.62. The van der Waals surface area contributed by atoms with E-state index in [1.165, 1.54) is 25.3 Å². The minimum atomic E-state index is -1.18. The summed E-state index contributed by atoms with van der Waals surface area (Å²) < 4.78 is 5.01. The average Bonchev–Trinajstić information content (AvgIpc) is 2.71. The molecule has 0 unspecified atom stereocenters. The van der Waals surface area contributed by atoms with Gasteiger partial charge in [0.15, 0.2) is 0 Å². The number of fused-ring (bicyclic) bond motifs is 1. The van der Waals surface area contributed by atoms with Crippen LogP contribution in [0.15, 0.2) is 18.2 Å². The molecule has 88 valence electrons. The van der Waals surface area contributed by atoms with Gasteiger partial charge in [0.2, 0.25) is 0 Å². The van der Waals surface area contributed by atoms with Crippen molar-refractivity contribution in [3.8, 4) is 5.75 Å². The van der Waals surface area contributed by atoms with Crippen LogP contribution in [0.2, 0.25) is 0 Å². The number of ether oxygens (including phenoxy) is 1. The maximum absolute atomic E-state index is 10.8. The molecule has 1 aromatic heterocycles. The Morgan fingerprint density at radius 3 is 2.76 bits per heavy atom. The van der Waals surface area contributed by atoms with Crippen molar-refractivity contribution in [2.24, 2.45) is 0 Å². The highest BCUT2D eigenvalue weighted by Gasteiger charge is 2.19. The molecular formula is C10H8N2O5. The Morgan fingerprint density at radius 2 is 2.24 bits per heavy atom. The van der Waals surface area contributed by atoms with Gasteiger partial charge in [0.25, 0.3) is 5.69 Å². The molecule has 0 amide bonds. The number of hydrogen-bond donors (Lipinski definition) is 2. The first-order valence-electron chi connectivity index (χ1n) is 4.62. The van der Waals surface area contributed by atoms with Gasteiger partial charge in [-0.05, 0) is 12.1 Å². The van der Waals surface area contributed by atoms with Gasteiger partial charge in [0.05, 0.1) is 22.9 Å². The Labute approximate surface area is 94.8 Å². The second-order valence-electron chi connectivity index (χ2n) is 3.32. The number of methoxy groups -OCH3 is 1. The molecule has 0 saturated carbocycles. The lowest BCUT2D eigenvalue weighted by molar-refractivity contribution is -0.383. The van der Waals surface area contributed by atoms with Gasteiger partial charge in [-0.15, -0.1) is 0 Å². The third kappa shape index (κ3) is 1.67. The topological polar surface area (TPSA) is 105 Å².